The number of halogens is 3. The molecule has 1 amide bonds. The van der Waals surface area contributed by atoms with Crippen molar-refractivity contribution >= 4 is 51.2 Å². The zero-order valence-corrected chi connectivity index (χ0v) is 16.8. The van der Waals surface area contributed by atoms with Crippen molar-refractivity contribution in [2.24, 2.45) is 0 Å². The van der Waals surface area contributed by atoms with Gasteiger partial charge in [0.2, 0.25) is 0 Å². The summed E-state index contributed by atoms with van der Waals surface area (Å²) in [5.74, 6) is -1.74. The van der Waals surface area contributed by atoms with E-state index in [1.165, 1.54) is 36.3 Å². The number of nitrogens with zero attached hydrogens (tertiary/aromatic N) is 1. The lowest BCUT2D eigenvalue weighted by atomic mass is 10.0. The van der Waals surface area contributed by atoms with Crippen LogP contribution in [0.3, 0.4) is 0 Å². The number of esters is 1. The number of ether oxygens (including phenoxy) is 1. The van der Waals surface area contributed by atoms with Gasteiger partial charge in [0.25, 0.3) is 5.91 Å². The smallest absolute Gasteiger partial charge is 0.340 e. The van der Waals surface area contributed by atoms with Crippen molar-refractivity contribution in [1.82, 2.24) is 0 Å². The van der Waals surface area contributed by atoms with Crippen molar-refractivity contribution in [2.75, 3.05) is 12.0 Å². The second-order valence-electron chi connectivity index (χ2n) is 5.76. The first-order valence-electron chi connectivity index (χ1n) is 7.90. The molecule has 0 atom stereocenters. The summed E-state index contributed by atoms with van der Waals surface area (Å²) in [5, 5.41) is 0.138. The Balaban J connectivity index is 2.19. The molecule has 2 aromatic rings. The van der Waals surface area contributed by atoms with Crippen LogP contribution in [-0.2, 0) is 14.3 Å². The van der Waals surface area contributed by atoms with E-state index < -0.39 is 17.7 Å². The first-order chi connectivity index (χ1) is 12.8. The van der Waals surface area contributed by atoms with Crippen LogP contribution >= 0.6 is 27.5 Å². The quantitative estimate of drug-likeness (QED) is 0.482. The molecule has 0 N–H and O–H groups in total. The van der Waals surface area contributed by atoms with Crippen LogP contribution in [0.2, 0.25) is 5.02 Å². The average Bonchev–Trinajstić information content (AvgIpc) is 2.88. The Morgan fingerprint density at radius 3 is 2.48 bits per heavy atom. The summed E-state index contributed by atoms with van der Waals surface area (Å²) in [5.41, 5.74) is 1.10. The number of carbonyl (C=O) groups is 2. The maximum Gasteiger partial charge on any atom is 0.340 e. The summed E-state index contributed by atoms with van der Waals surface area (Å²) in [7, 11) is 1.23. The molecule has 0 saturated carbocycles. The van der Waals surface area contributed by atoms with Crippen LogP contribution in [0, 0.1) is 5.82 Å². The number of rotatable bonds is 3. The van der Waals surface area contributed by atoms with Crippen LogP contribution in [0.4, 0.5) is 10.1 Å². The second-order valence-corrected chi connectivity index (χ2v) is 7.09. The van der Waals surface area contributed by atoms with Crippen LogP contribution in [0.15, 0.2) is 63.8 Å². The Morgan fingerprint density at radius 1 is 1.22 bits per heavy atom. The molecule has 0 unspecified atom stereocenters. The summed E-state index contributed by atoms with van der Waals surface area (Å²) in [6.07, 6.45) is 1.29. The van der Waals surface area contributed by atoms with Crippen molar-refractivity contribution in [3.63, 3.8) is 0 Å². The molecule has 4 nitrogen and oxygen atoms in total. The average molecular weight is 451 g/mol. The summed E-state index contributed by atoms with van der Waals surface area (Å²) in [4.78, 5) is 26.8. The number of benzene rings is 2. The van der Waals surface area contributed by atoms with Gasteiger partial charge >= 0.3 is 5.97 Å². The molecule has 27 heavy (non-hydrogen) atoms. The molecular formula is C20H14BrClFNO3. The maximum absolute atomic E-state index is 14.2. The van der Waals surface area contributed by atoms with Gasteiger partial charge in [0, 0.05) is 21.4 Å². The fourth-order valence-corrected chi connectivity index (χ4v) is 3.36. The summed E-state index contributed by atoms with van der Waals surface area (Å²) in [6, 6.07) is 11.2. The fourth-order valence-electron chi connectivity index (χ4n) is 2.87. The van der Waals surface area contributed by atoms with E-state index >= 15 is 0 Å². The Labute approximate surface area is 169 Å². The topological polar surface area (TPSA) is 46.6 Å². The highest BCUT2D eigenvalue weighted by Gasteiger charge is 2.38. The number of hydrogen-bond donors (Lipinski definition) is 0. The van der Waals surface area contributed by atoms with Gasteiger partial charge in [0.1, 0.15) is 5.82 Å². The van der Waals surface area contributed by atoms with Gasteiger partial charge in [-0.15, -0.1) is 0 Å². The largest absolute Gasteiger partial charge is 0.465 e. The Morgan fingerprint density at radius 2 is 1.89 bits per heavy atom. The SMILES string of the molecule is COC(=O)C1=C(C)N(c2ccc(Br)cc2)C(=O)/C1=C/c1c(F)cccc1Cl. The van der Waals surface area contributed by atoms with Gasteiger partial charge in [0.15, 0.2) is 0 Å². The van der Waals surface area contributed by atoms with Crippen molar-refractivity contribution in [2.45, 2.75) is 6.92 Å². The minimum absolute atomic E-state index is 0.0225. The summed E-state index contributed by atoms with van der Waals surface area (Å²) in [6.45, 7) is 1.63. The lowest BCUT2D eigenvalue weighted by Crippen LogP contribution is -2.24. The van der Waals surface area contributed by atoms with Crippen LogP contribution in [-0.4, -0.2) is 19.0 Å². The highest BCUT2D eigenvalue weighted by molar-refractivity contribution is 9.10. The third kappa shape index (κ3) is 3.55. The van der Waals surface area contributed by atoms with Gasteiger partial charge in [-0.1, -0.05) is 33.6 Å². The van der Waals surface area contributed by atoms with Gasteiger partial charge in [-0.2, -0.15) is 0 Å². The molecule has 0 saturated heterocycles. The summed E-state index contributed by atoms with van der Waals surface area (Å²) < 4.78 is 19.9. The monoisotopic (exact) mass is 449 g/mol. The standard InChI is InChI=1S/C20H14BrClFNO3/c1-11-18(20(26)27-2)15(10-14-16(22)4-3-5-17(14)23)19(25)24(11)13-8-6-12(21)7-9-13/h3-10H,1-2H3/b15-10+. The van der Waals surface area contributed by atoms with Gasteiger partial charge in [-0.3, -0.25) is 9.69 Å². The molecule has 0 aliphatic carbocycles. The van der Waals surface area contributed by atoms with Crippen LogP contribution in [0.25, 0.3) is 6.08 Å². The van der Waals surface area contributed by atoms with Gasteiger partial charge in [-0.25, -0.2) is 9.18 Å². The van der Waals surface area contributed by atoms with Crippen molar-refractivity contribution in [3.8, 4) is 0 Å². The number of allylic oxidation sites excluding steroid dienone is 1. The molecule has 1 aliphatic heterocycles. The fraction of sp³-hybridized carbons (Fsp3) is 0.100. The van der Waals surface area contributed by atoms with Crippen LogP contribution in [0.1, 0.15) is 12.5 Å². The van der Waals surface area contributed by atoms with E-state index in [9.17, 15) is 14.0 Å². The molecule has 138 valence electrons. The summed E-state index contributed by atoms with van der Waals surface area (Å²) >= 11 is 9.42. The number of hydrogen-bond acceptors (Lipinski definition) is 3. The zero-order valence-electron chi connectivity index (χ0n) is 14.4. The molecule has 3 rings (SSSR count). The van der Waals surface area contributed by atoms with Gasteiger partial charge in [0.05, 0.1) is 23.3 Å². The zero-order chi connectivity index (χ0) is 19.7. The molecule has 7 heteroatoms. The third-order valence-electron chi connectivity index (χ3n) is 4.16. The van der Waals surface area contributed by atoms with E-state index in [4.69, 9.17) is 16.3 Å². The van der Waals surface area contributed by atoms with Crippen LogP contribution in [0.5, 0.6) is 0 Å². The van der Waals surface area contributed by atoms with Crippen molar-refractivity contribution < 1.29 is 18.7 Å². The Kier molecular flexibility index (Phi) is 5.48. The maximum atomic E-state index is 14.2. The second kappa shape index (κ2) is 7.66. The third-order valence-corrected chi connectivity index (χ3v) is 5.02. The highest BCUT2D eigenvalue weighted by atomic mass is 79.9. The van der Waals surface area contributed by atoms with E-state index in [0.29, 0.717) is 11.4 Å². The normalized spacial score (nSPS) is 15.7. The number of methoxy groups -OCH3 is 1. The van der Waals surface area contributed by atoms with E-state index in [1.54, 1.807) is 31.2 Å². The number of carbonyl (C=O) groups excluding carboxylic acids is 2. The molecule has 1 heterocycles. The van der Waals surface area contributed by atoms with E-state index in [-0.39, 0.29) is 21.7 Å². The van der Waals surface area contributed by atoms with Crippen molar-refractivity contribution in [1.29, 1.82) is 0 Å². The predicted octanol–water partition coefficient (Wildman–Crippen LogP) is 5.12. The molecule has 1 aliphatic rings. The van der Waals surface area contributed by atoms with Gasteiger partial charge in [-0.05, 0) is 49.4 Å². The lowest BCUT2D eigenvalue weighted by Gasteiger charge is -2.18. The number of anilines is 1. The highest BCUT2D eigenvalue weighted by Crippen LogP contribution is 2.36. The minimum Gasteiger partial charge on any atom is -0.465 e. The molecule has 0 radical (unpaired) electrons. The molecule has 0 bridgehead atoms. The lowest BCUT2D eigenvalue weighted by molar-refractivity contribution is -0.136. The molecule has 0 fully saturated rings. The molecule has 2 aromatic carbocycles. The first kappa shape index (κ1) is 19.3. The Bertz CT molecular complexity index is 979. The number of amides is 1. The van der Waals surface area contributed by atoms with Crippen LogP contribution < -0.4 is 4.90 Å². The van der Waals surface area contributed by atoms with E-state index in [2.05, 4.69) is 15.9 Å². The molecule has 0 aromatic heterocycles. The molecule has 0 spiro atoms. The predicted molar refractivity (Wildman–Crippen MR) is 106 cm³/mol. The minimum atomic E-state index is -0.681. The van der Waals surface area contributed by atoms with Crippen molar-refractivity contribution in [3.05, 3.63) is 80.2 Å². The van der Waals surface area contributed by atoms with E-state index in [0.717, 1.165) is 4.47 Å². The first-order valence-corrected chi connectivity index (χ1v) is 9.07. The Hall–Kier alpha value is -2.44. The van der Waals surface area contributed by atoms with E-state index in [1.807, 2.05) is 0 Å². The molecular weight excluding hydrogens is 437 g/mol. The van der Waals surface area contributed by atoms with Gasteiger partial charge < -0.3 is 4.74 Å².